The summed E-state index contributed by atoms with van der Waals surface area (Å²) in [5.41, 5.74) is 3.81. The molecule has 2 heteroatoms. The zero-order valence-electron chi connectivity index (χ0n) is 15.1. The fourth-order valence-corrected chi connectivity index (χ4v) is 2.87. The number of unbranched alkanes of at least 4 members (excludes halogenated alkanes) is 3. The quantitative estimate of drug-likeness (QED) is 0.289. The lowest BCUT2D eigenvalue weighted by Crippen LogP contribution is -1.89. The number of rotatable bonds is 11. The first-order chi connectivity index (χ1) is 12.8. The molecule has 0 N–H and O–H groups in total. The van der Waals surface area contributed by atoms with E-state index >= 15 is 0 Å². The number of hydrogen-bond acceptors (Lipinski definition) is 2. The predicted octanol–water partition coefficient (Wildman–Crippen LogP) is 5.89. The first-order valence-electron chi connectivity index (χ1n) is 9.23. The van der Waals surface area contributed by atoms with E-state index in [-0.39, 0.29) is 0 Å². The van der Waals surface area contributed by atoms with Gasteiger partial charge < -0.3 is 0 Å². The van der Waals surface area contributed by atoms with Gasteiger partial charge in [-0.05, 0) is 60.1 Å². The molecule has 0 aromatic heterocycles. The van der Waals surface area contributed by atoms with Gasteiger partial charge in [-0.3, -0.25) is 9.59 Å². The summed E-state index contributed by atoms with van der Waals surface area (Å²) >= 11 is 0. The SMILES string of the molecule is O=CC(=Cc1ccccc1)CCCCCCC(C=O)=Cc1ccccc1. The Morgan fingerprint density at radius 3 is 1.31 bits per heavy atom. The third-order valence-corrected chi connectivity index (χ3v) is 4.29. The van der Waals surface area contributed by atoms with Gasteiger partial charge in [0, 0.05) is 0 Å². The van der Waals surface area contributed by atoms with E-state index in [1.54, 1.807) is 0 Å². The molecule has 2 aromatic rings. The summed E-state index contributed by atoms with van der Waals surface area (Å²) in [6.45, 7) is 0. The molecule has 0 spiro atoms. The Morgan fingerprint density at radius 1 is 0.577 bits per heavy atom. The first kappa shape index (κ1) is 19.6. The van der Waals surface area contributed by atoms with Crippen molar-refractivity contribution < 1.29 is 9.59 Å². The van der Waals surface area contributed by atoms with E-state index in [0.29, 0.717) is 0 Å². The minimum atomic E-state index is 0.804. The number of allylic oxidation sites excluding steroid dienone is 2. The minimum Gasteiger partial charge on any atom is -0.298 e. The second kappa shape index (κ2) is 11.8. The monoisotopic (exact) mass is 346 g/mol. The molecule has 0 heterocycles. The zero-order valence-corrected chi connectivity index (χ0v) is 15.1. The summed E-state index contributed by atoms with van der Waals surface area (Å²) in [6.07, 6.45) is 11.6. The van der Waals surface area contributed by atoms with E-state index in [0.717, 1.165) is 73.4 Å². The molecule has 0 bridgehead atoms. The average molecular weight is 346 g/mol. The van der Waals surface area contributed by atoms with E-state index in [1.807, 2.05) is 72.8 Å². The standard InChI is InChI=1S/C24H26O2/c25-19-23(17-21-11-7-3-8-12-21)15-5-1-2-6-16-24(20-26)18-22-13-9-4-10-14-22/h3-4,7-14,17-20H,1-2,5-6,15-16H2. The van der Waals surface area contributed by atoms with Gasteiger partial charge in [0.15, 0.2) is 0 Å². The summed E-state index contributed by atoms with van der Waals surface area (Å²) in [5, 5.41) is 0. The topological polar surface area (TPSA) is 34.1 Å². The van der Waals surface area contributed by atoms with Gasteiger partial charge in [0.1, 0.15) is 12.6 Å². The lowest BCUT2D eigenvalue weighted by atomic mass is 10.0. The molecule has 0 unspecified atom stereocenters. The van der Waals surface area contributed by atoms with Crippen molar-refractivity contribution >= 4 is 24.7 Å². The van der Waals surface area contributed by atoms with Crippen molar-refractivity contribution in [2.24, 2.45) is 0 Å². The van der Waals surface area contributed by atoms with Crippen LogP contribution in [0.5, 0.6) is 0 Å². The normalized spacial score (nSPS) is 12.0. The van der Waals surface area contributed by atoms with Crippen LogP contribution >= 0.6 is 0 Å². The molecular weight excluding hydrogens is 320 g/mol. The molecular formula is C24H26O2. The third kappa shape index (κ3) is 7.43. The van der Waals surface area contributed by atoms with E-state index in [4.69, 9.17) is 0 Å². The number of carbonyl (C=O) groups is 2. The van der Waals surface area contributed by atoms with Crippen LogP contribution in [0.3, 0.4) is 0 Å². The third-order valence-electron chi connectivity index (χ3n) is 4.29. The molecule has 0 aliphatic carbocycles. The van der Waals surface area contributed by atoms with Crippen LogP contribution in [-0.2, 0) is 9.59 Å². The van der Waals surface area contributed by atoms with Crippen molar-refractivity contribution in [1.82, 2.24) is 0 Å². The molecule has 0 amide bonds. The van der Waals surface area contributed by atoms with Gasteiger partial charge in [-0.15, -0.1) is 0 Å². The smallest absolute Gasteiger partial charge is 0.146 e. The molecule has 0 aliphatic heterocycles. The highest BCUT2D eigenvalue weighted by Gasteiger charge is 2.00. The Labute approximate surface area is 156 Å². The molecule has 0 saturated carbocycles. The molecule has 26 heavy (non-hydrogen) atoms. The molecule has 2 rings (SSSR count). The molecule has 0 radical (unpaired) electrons. The van der Waals surface area contributed by atoms with Crippen molar-refractivity contribution in [2.75, 3.05) is 0 Å². The fraction of sp³-hybridized carbons (Fsp3) is 0.250. The van der Waals surface area contributed by atoms with Crippen molar-refractivity contribution in [3.05, 3.63) is 82.9 Å². The molecule has 2 nitrogen and oxygen atoms in total. The van der Waals surface area contributed by atoms with Gasteiger partial charge in [-0.1, -0.05) is 73.5 Å². The second-order valence-corrected chi connectivity index (χ2v) is 6.41. The Morgan fingerprint density at radius 2 is 0.962 bits per heavy atom. The Kier molecular flexibility index (Phi) is 8.85. The van der Waals surface area contributed by atoms with Crippen LogP contribution in [0.15, 0.2) is 71.8 Å². The van der Waals surface area contributed by atoms with Crippen LogP contribution in [0.1, 0.15) is 49.7 Å². The number of benzene rings is 2. The Hall–Kier alpha value is -2.74. The lowest BCUT2D eigenvalue weighted by molar-refractivity contribution is -0.105. The van der Waals surface area contributed by atoms with Gasteiger partial charge in [-0.25, -0.2) is 0 Å². The summed E-state index contributed by atoms with van der Waals surface area (Å²) < 4.78 is 0. The summed E-state index contributed by atoms with van der Waals surface area (Å²) in [4.78, 5) is 22.4. The van der Waals surface area contributed by atoms with Crippen LogP contribution in [0.2, 0.25) is 0 Å². The number of hydrogen-bond donors (Lipinski definition) is 0. The maximum atomic E-state index is 11.2. The highest BCUT2D eigenvalue weighted by atomic mass is 16.1. The fourth-order valence-electron chi connectivity index (χ4n) is 2.87. The van der Waals surface area contributed by atoms with E-state index in [1.165, 1.54) is 0 Å². The van der Waals surface area contributed by atoms with Crippen molar-refractivity contribution in [1.29, 1.82) is 0 Å². The lowest BCUT2D eigenvalue weighted by Gasteiger charge is -2.03. The summed E-state index contributed by atoms with van der Waals surface area (Å²) in [7, 11) is 0. The van der Waals surface area contributed by atoms with Crippen LogP contribution in [0.25, 0.3) is 12.2 Å². The van der Waals surface area contributed by atoms with Crippen LogP contribution in [0.4, 0.5) is 0 Å². The Bertz CT molecular complexity index is 662. The molecule has 0 aliphatic rings. The van der Waals surface area contributed by atoms with E-state index in [2.05, 4.69) is 0 Å². The molecule has 0 fully saturated rings. The second-order valence-electron chi connectivity index (χ2n) is 6.41. The minimum absolute atomic E-state index is 0.804. The first-order valence-corrected chi connectivity index (χ1v) is 9.23. The average Bonchev–Trinajstić information content (AvgIpc) is 2.70. The number of aldehydes is 2. The van der Waals surface area contributed by atoms with Gasteiger partial charge in [0.25, 0.3) is 0 Å². The largest absolute Gasteiger partial charge is 0.298 e. The van der Waals surface area contributed by atoms with E-state index in [9.17, 15) is 9.59 Å². The molecule has 0 saturated heterocycles. The molecule has 0 atom stereocenters. The zero-order chi connectivity index (χ0) is 18.5. The maximum Gasteiger partial charge on any atom is 0.146 e. The number of carbonyl (C=O) groups excluding carboxylic acids is 2. The van der Waals surface area contributed by atoms with Gasteiger partial charge in [-0.2, -0.15) is 0 Å². The van der Waals surface area contributed by atoms with Gasteiger partial charge >= 0.3 is 0 Å². The predicted molar refractivity (Wildman–Crippen MR) is 109 cm³/mol. The molecule has 2 aromatic carbocycles. The van der Waals surface area contributed by atoms with Crippen molar-refractivity contribution in [3.8, 4) is 0 Å². The Balaban J connectivity index is 1.69. The van der Waals surface area contributed by atoms with Crippen molar-refractivity contribution in [3.63, 3.8) is 0 Å². The van der Waals surface area contributed by atoms with Gasteiger partial charge in [0.05, 0.1) is 0 Å². The van der Waals surface area contributed by atoms with Crippen LogP contribution < -0.4 is 0 Å². The van der Waals surface area contributed by atoms with Crippen molar-refractivity contribution in [2.45, 2.75) is 38.5 Å². The highest BCUT2D eigenvalue weighted by Crippen LogP contribution is 2.16. The van der Waals surface area contributed by atoms with Crippen LogP contribution in [-0.4, -0.2) is 12.6 Å². The van der Waals surface area contributed by atoms with E-state index < -0.39 is 0 Å². The maximum absolute atomic E-state index is 11.2. The van der Waals surface area contributed by atoms with Crippen LogP contribution in [0, 0.1) is 0 Å². The summed E-state index contributed by atoms with van der Waals surface area (Å²) in [6, 6.07) is 19.9. The van der Waals surface area contributed by atoms with Gasteiger partial charge in [0.2, 0.25) is 0 Å². The highest BCUT2D eigenvalue weighted by molar-refractivity contribution is 5.82. The summed E-state index contributed by atoms with van der Waals surface area (Å²) in [5.74, 6) is 0. The molecule has 134 valence electrons.